The van der Waals surface area contributed by atoms with Crippen molar-refractivity contribution in [1.29, 1.82) is 0 Å². The second kappa shape index (κ2) is 8.67. The first kappa shape index (κ1) is 20.4. The van der Waals surface area contributed by atoms with E-state index < -0.39 is 0 Å². The van der Waals surface area contributed by atoms with Gasteiger partial charge in [0.1, 0.15) is 0 Å². The van der Waals surface area contributed by atoms with E-state index in [2.05, 4.69) is 55.1 Å². The average Bonchev–Trinajstić information content (AvgIpc) is 2.91. The molecule has 3 atom stereocenters. The van der Waals surface area contributed by atoms with Gasteiger partial charge in [-0.15, -0.1) is 0 Å². The van der Waals surface area contributed by atoms with Gasteiger partial charge in [-0.25, -0.2) is 0 Å². The van der Waals surface area contributed by atoms with E-state index in [0.717, 1.165) is 56.9 Å². The van der Waals surface area contributed by atoms with E-state index in [9.17, 15) is 4.79 Å². The number of carbonyl (C=O) groups excluding carboxylic acids is 1. The molecule has 2 aliphatic rings. The number of carbonyl (C=O) groups is 1. The van der Waals surface area contributed by atoms with E-state index in [1.807, 2.05) is 0 Å². The van der Waals surface area contributed by atoms with Crippen LogP contribution in [0, 0.1) is 5.92 Å². The number of piperidine rings is 1. The van der Waals surface area contributed by atoms with Crippen molar-refractivity contribution in [2.45, 2.75) is 84.5 Å². The quantitative estimate of drug-likeness (QED) is 0.706. The zero-order valence-electron chi connectivity index (χ0n) is 16.6. The Kier molecular flexibility index (Phi) is 7.09. The minimum Gasteiger partial charge on any atom is -0.363 e. The van der Waals surface area contributed by atoms with Gasteiger partial charge in [0.25, 0.3) is 0 Å². The fourth-order valence-electron chi connectivity index (χ4n) is 4.03. The van der Waals surface area contributed by atoms with E-state index in [-0.39, 0.29) is 17.7 Å². The number of amides is 1. The Morgan fingerprint density at radius 1 is 1.28 bits per heavy atom. The van der Waals surface area contributed by atoms with Crippen molar-refractivity contribution >= 4 is 23.2 Å². The Balaban J connectivity index is 2.12. The highest BCUT2D eigenvalue weighted by molar-refractivity contribution is 7.80. The lowest BCUT2D eigenvalue weighted by Gasteiger charge is -2.47. The van der Waals surface area contributed by atoms with Crippen LogP contribution < -0.4 is 10.6 Å². The van der Waals surface area contributed by atoms with Crippen LogP contribution in [0.4, 0.5) is 0 Å². The largest absolute Gasteiger partial charge is 0.363 e. The van der Waals surface area contributed by atoms with Crippen LogP contribution in [0.25, 0.3) is 0 Å². The third kappa shape index (κ3) is 4.11. The molecule has 0 bridgehead atoms. The molecule has 0 radical (unpaired) electrons. The summed E-state index contributed by atoms with van der Waals surface area (Å²) in [6, 6.07) is 0.224. The summed E-state index contributed by atoms with van der Waals surface area (Å²) in [6.45, 7) is 13.6. The van der Waals surface area contributed by atoms with Crippen LogP contribution in [-0.2, 0) is 4.79 Å². The van der Waals surface area contributed by atoms with Crippen molar-refractivity contribution in [3.8, 4) is 0 Å². The average molecular weight is 369 g/mol. The first-order chi connectivity index (χ1) is 11.9. The Morgan fingerprint density at radius 2 is 1.92 bits per heavy atom. The number of hydrogen-bond acceptors (Lipinski definition) is 3. The molecule has 2 fully saturated rings. The van der Waals surface area contributed by atoms with Crippen LogP contribution in [0.2, 0.25) is 0 Å². The zero-order chi connectivity index (χ0) is 18.6. The van der Waals surface area contributed by atoms with Crippen molar-refractivity contribution in [1.82, 2.24) is 20.4 Å². The highest BCUT2D eigenvalue weighted by atomic mass is 32.1. The molecule has 0 aromatic heterocycles. The van der Waals surface area contributed by atoms with Gasteiger partial charge in [0.15, 0.2) is 5.11 Å². The lowest BCUT2D eigenvalue weighted by molar-refractivity contribution is -0.136. The summed E-state index contributed by atoms with van der Waals surface area (Å²) in [5.41, 5.74) is -0.197. The van der Waals surface area contributed by atoms with Crippen molar-refractivity contribution in [2.75, 3.05) is 19.6 Å². The van der Waals surface area contributed by atoms with E-state index in [4.69, 9.17) is 12.2 Å². The lowest BCUT2D eigenvalue weighted by atomic mass is 9.94. The Bertz CT molecular complexity index is 476. The SMILES string of the molecule is CCCNC(=S)N1CCC2(CC1)N[C@H]([C@@H](C)CC)C(=O)N2[C@H](C)CC. The molecule has 0 aromatic carbocycles. The van der Waals surface area contributed by atoms with Gasteiger partial charge in [-0.05, 0) is 37.9 Å². The molecule has 2 aliphatic heterocycles. The first-order valence-electron chi connectivity index (χ1n) is 10.0. The molecule has 5 nitrogen and oxygen atoms in total. The summed E-state index contributed by atoms with van der Waals surface area (Å²) >= 11 is 5.53. The normalized spacial score (nSPS) is 25.3. The van der Waals surface area contributed by atoms with E-state index in [1.165, 1.54) is 0 Å². The molecule has 2 saturated heterocycles. The molecule has 25 heavy (non-hydrogen) atoms. The number of hydrogen-bond donors (Lipinski definition) is 2. The van der Waals surface area contributed by atoms with Crippen LogP contribution in [0.15, 0.2) is 0 Å². The summed E-state index contributed by atoms with van der Waals surface area (Å²) in [7, 11) is 0. The van der Waals surface area contributed by atoms with Crippen molar-refractivity contribution in [2.24, 2.45) is 5.92 Å². The summed E-state index contributed by atoms with van der Waals surface area (Å²) in [4.78, 5) is 17.6. The van der Waals surface area contributed by atoms with Crippen molar-refractivity contribution in [3.63, 3.8) is 0 Å². The predicted molar refractivity (Wildman–Crippen MR) is 107 cm³/mol. The maximum atomic E-state index is 13.1. The number of nitrogens with one attached hydrogen (secondary N) is 2. The highest BCUT2D eigenvalue weighted by Gasteiger charge is 2.53. The van der Waals surface area contributed by atoms with Crippen LogP contribution >= 0.6 is 12.2 Å². The molecule has 1 spiro atoms. The molecule has 0 saturated carbocycles. The first-order valence-corrected chi connectivity index (χ1v) is 10.4. The highest BCUT2D eigenvalue weighted by Crippen LogP contribution is 2.36. The van der Waals surface area contributed by atoms with E-state index >= 15 is 0 Å². The van der Waals surface area contributed by atoms with Gasteiger partial charge >= 0.3 is 0 Å². The van der Waals surface area contributed by atoms with Crippen LogP contribution in [0.1, 0.15) is 66.7 Å². The van der Waals surface area contributed by atoms with Gasteiger partial charge in [0.05, 0.1) is 11.7 Å². The lowest BCUT2D eigenvalue weighted by Crippen LogP contribution is -2.62. The summed E-state index contributed by atoms with van der Waals surface area (Å²) < 4.78 is 0. The van der Waals surface area contributed by atoms with E-state index in [1.54, 1.807) is 0 Å². The number of thiocarbonyl (C=S) groups is 1. The zero-order valence-corrected chi connectivity index (χ0v) is 17.4. The summed E-state index contributed by atoms with van der Waals surface area (Å²) in [6.07, 6.45) is 4.95. The fourth-order valence-corrected chi connectivity index (χ4v) is 4.32. The van der Waals surface area contributed by atoms with Crippen molar-refractivity contribution in [3.05, 3.63) is 0 Å². The second-order valence-electron chi connectivity index (χ2n) is 7.72. The monoisotopic (exact) mass is 368 g/mol. The number of nitrogens with zero attached hydrogens (tertiary/aromatic N) is 2. The van der Waals surface area contributed by atoms with Gasteiger partial charge in [0.2, 0.25) is 5.91 Å². The molecular weight excluding hydrogens is 332 g/mol. The molecule has 2 heterocycles. The topological polar surface area (TPSA) is 47.6 Å². The maximum Gasteiger partial charge on any atom is 0.241 e. The number of rotatable bonds is 6. The molecule has 0 unspecified atom stereocenters. The molecule has 1 amide bonds. The van der Waals surface area contributed by atoms with Crippen LogP contribution in [0.3, 0.4) is 0 Å². The van der Waals surface area contributed by atoms with Gasteiger partial charge in [-0.3, -0.25) is 10.1 Å². The second-order valence-corrected chi connectivity index (χ2v) is 8.11. The molecular formula is C19H36N4OS. The Morgan fingerprint density at radius 3 is 2.44 bits per heavy atom. The van der Waals surface area contributed by atoms with Gasteiger partial charge < -0.3 is 15.1 Å². The van der Waals surface area contributed by atoms with Crippen LogP contribution in [0.5, 0.6) is 0 Å². The third-order valence-electron chi connectivity index (χ3n) is 6.04. The minimum absolute atomic E-state index is 0.0456. The Hall–Kier alpha value is -0.880. The van der Waals surface area contributed by atoms with Crippen molar-refractivity contribution < 1.29 is 4.79 Å². The van der Waals surface area contributed by atoms with Gasteiger partial charge in [-0.1, -0.05) is 34.1 Å². The standard InChI is InChI=1S/C19H36N4OS/c1-6-11-20-18(25)22-12-9-19(10-13-22)21-16(14(4)7-2)17(24)23(19)15(5)8-3/h14-16,21H,6-13H2,1-5H3,(H,20,25)/t14-,15+,16+/m0/s1. The third-order valence-corrected chi connectivity index (χ3v) is 6.44. The molecule has 0 aliphatic carbocycles. The molecule has 0 aromatic rings. The fraction of sp³-hybridized carbons (Fsp3) is 0.895. The van der Waals surface area contributed by atoms with Gasteiger partial charge in [0, 0.05) is 38.5 Å². The van der Waals surface area contributed by atoms with E-state index in [0.29, 0.717) is 11.8 Å². The maximum absolute atomic E-state index is 13.1. The summed E-state index contributed by atoms with van der Waals surface area (Å²) in [5, 5.41) is 7.94. The molecule has 2 rings (SSSR count). The predicted octanol–water partition coefficient (Wildman–Crippen LogP) is 2.71. The smallest absolute Gasteiger partial charge is 0.241 e. The Labute approximate surface area is 158 Å². The molecule has 2 N–H and O–H groups in total. The molecule has 6 heteroatoms. The number of likely N-dealkylation sites (tertiary alicyclic amines) is 1. The van der Waals surface area contributed by atoms with Crippen LogP contribution in [-0.4, -0.2) is 58.2 Å². The van der Waals surface area contributed by atoms with Gasteiger partial charge in [-0.2, -0.15) is 0 Å². The summed E-state index contributed by atoms with van der Waals surface area (Å²) in [5.74, 6) is 0.660. The minimum atomic E-state index is -0.197. The molecule has 144 valence electrons.